The van der Waals surface area contributed by atoms with E-state index in [9.17, 15) is 28.7 Å². The van der Waals surface area contributed by atoms with Gasteiger partial charge < -0.3 is 14.6 Å². The van der Waals surface area contributed by atoms with Crippen molar-refractivity contribution in [3.05, 3.63) is 58.4 Å². The van der Waals surface area contributed by atoms with Gasteiger partial charge in [-0.3, -0.25) is 24.1 Å². The Labute approximate surface area is 259 Å². The molecule has 44 heavy (non-hydrogen) atoms. The van der Waals surface area contributed by atoms with Gasteiger partial charge >= 0.3 is 0 Å². The highest BCUT2D eigenvalue weighted by molar-refractivity contribution is 6.31. The smallest absolute Gasteiger partial charge is 0.241 e. The van der Waals surface area contributed by atoms with Crippen LogP contribution in [-0.2, 0) is 19.2 Å². The molecule has 9 nitrogen and oxygen atoms in total. The molecule has 2 heterocycles. The lowest BCUT2D eigenvalue weighted by atomic mass is 9.51. The molecule has 4 amide bonds. The Kier molecular flexibility index (Phi) is 6.88. The van der Waals surface area contributed by atoms with Gasteiger partial charge in [-0.05, 0) is 64.7 Å². The number of benzene rings is 2. The SMILES string of the molecule is COc1cc(O)cc(OC)c1C1C2=CCC3C(=O)N(C(C)(C)C)C(=O)C3C2CC2C(=O)N(c3ccc(F)c(Cl)c3)C(=O)C21C. The highest BCUT2D eigenvalue weighted by Crippen LogP contribution is 2.66. The quantitative estimate of drug-likeness (QED) is 0.366. The van der Waals surface area contributed by atoms with Crippen LogP contribution in [-0.4, -0.2) is 53.4 Å². The number of amides is 4. The number of hydrogen-bond acceptors (Lipinski definition) is 7. The average Bonchev–Trinajstić information content (AvgIpc) is 3.34. The summed E-state index contributed by atoms with van der Waals surface area (Å²) in [5.74, 6) is -5.52. The highest BCUT2D eigenvalue weighted by atomic mass is 35.5. The highest BCUT2D eigenvalue weighted by Gasteiger charge is 2.68. The van der Waals surface area contributed by atoms with E-state index in [1.54, 1.807) is 6.92 Å². The fourth-order valence-corrected chi connectivity index (χ4v) is 8.24. The van der Waals surface area contributed by atoms with Crippen molar-refractivity contribution < 1.29 is 38.1 Å². The number of halogens is 2. The van der Waals surface area contributed by atoms with E-state index in [1.807, 2.05) is 26.8 Å². The van der Waals surface area contributed by atoms with E-state index in [-0.39, 0.29) is 52.6 Å². The normalized spacial score (nSPS) is 29.8. The van der Waals surface area contributed by atoms with Crippen LogP contribution in [0.25, 0.3) is 0 Å². The number of ether oxygens (including phenoxy) is 2. The number of methoxy groups -OCH3 is 2. The molecule has 6 unspecified atom stereocenters. The Hall–Kier alpha value is -3.92. The van der Waals surface area contributed by atoms with Crippen LogP contribution in [0, 0.1) is 34.9 Å². The molecule has 4 aliphatic rings. The summed E-state index contributed by atoms with van der Waals surface area (Å²) in [7, 11) is 2.86. The van der Waals surface area contributed by atoms with Crippen LogP contribution in [0.3, 0.4) is 0 Å². The van der Waals surface area contributed by atoms with Gasteiger partial charge in [0.15, 0.2) is 0 Å². The summed E-state index contributed by atoms with van der Waals surface area (Å²) in [6.07, 6.45) is 2.36. The fourth-order valence-electron chi connectivity index (χ4n) is 8.06. The van der Waals surface area contributed by atoms with E-state index in [0.29, 0.717) is 5.56 Å². The van der Waals surface area contributed by atoms with E-state index in [1.165, 1.54) is 43.4 Å². The molecule has 2 aliphatic carbocycles. The monoisotopic (exact) mass is 624 g/mol. The maximum Gasteiger partial charge on any atom is 0.241 e. The molecule has 2 aromatic rings. The molecule has 3 fully saturated rings. The molecule has 6 rings (SSSR count). The molecule has 2 aromatic carbocycles. The van der Waals surface area contributed by atoms with Gasteiger partial charge in [0.2, 0.25) is 23.6 Å². The first-order chi connectivity index (χ1) is 20.7. The first-order valence-corrected chi connectivity index (χ1v) is 14.9. The molecule has 6 atom stereocenters. The van der Waals surface area contributed by atoms with Gasteiger partial charge in [-0.25, -0.2) is 9.29 Å². The Balaban J connectivity index is 1.59. The fraction of sp³-hybridized carbons (Fsp3) is 0.455. The molecule has 1 N–H and O–H groups in total. The first kappa shape index (κ1) is 30.1. The number of hydrogen-bond donors (Lipinski definition) is 1. The van der Waals surface area contributed by atoms with Crippen molar-refractivity contribution in [1.29, 1.82) is 0 Å². The second kappa shape index (κ2) is 10.1. The number of likely N-dealkylation sites (tertiary alicyclic amines) is 1. The topological polar surface area (TPSA) is 113 Å². The summed E-state index contributed by atoms with van der Waals surface area (Å²) in [5, 5.41) is 10.2. The number of anilines is 1. The maximum absolute atomic E-state index is 14.6. The zero-order valence-electron chi connectivity index (χ0n) is 25.3. The number of aromatic hydroxyl groups is 1. The Morgan fingerprint density at radius 2 is 1.61 bits per heavy atom. The van der Waals surface area contributed by atoms with Crippen molar-refractivity contribution in [3.8, 4) is 17.2 Å². The molecule has 0 radical (unpaired) electrons. The predicted molar refractivity (Wildman–Crippen MR) is 159 cm³/mol. The molecular formula is C33H34ClFN2O7. The number of fused-ring (bicyclic) bond motifs is 4. The van der Waals surface area contributed by atoms with Crippen molar-refractivity contribution in [1.82, 2.24) is 4.90 Å². The lowest BCUT2D eigenvalue weighted by Crippen LogP contribution is -2.49. The van der Waals surface area contributed by atoms with Crippen LogP contribution >= 0.6 is 11.6 Å². The van der Waals surface area contributed by atoms with Crippen molar-refractivity contribution in [2.24, 2.45) is 29.1 Å². The summed E-state index contributed by atoms with van der Waals surface area (Å²) in [6, 6.07) is 6.50. The summed E-state index contributed by atoms with van der Waals surface area (Å²) in [4.78, 5) is 58.9. The van der Waals surface area contributed by atoms with Gasteiger partial charge in [-0.2, -0.15) is 0 Å². The molecule has 2 saturated heterocycles. The van der Waals surface area contributed by atoms with E-state index in [2.05, 4.69) is 0 Å². The second-order valence-electron chi connectivity index (χ2n) is 13.2. The van der Waals surface area contributed by atoms with Gasteiger partial charge in [0.05, 0.1) is 48.1 Å². The van der Waals surface area contributed by atoms with Gasteiger partial charge in [0.1, 0.15) is 23.1 Å². The Morgan fingerprint density at radius 1 is 0.977 bits per heavy atom. The van der Waals surface area contributed by atoms with Crippen LogP contribution in [0.4, 0.5) is 10.1 Å². The summed E-state index contributed by atoms with van der Waals surface area (Å²) < 4.78 is 25.5. The standard InChI is InChI=1S/C33H34ClFN2O7/c1-32(2,3)37-28(39)18-9-8-17-19(25(18)30(37)41)14-20-29(40)36(15-7-10-22(35)21(34)11-15)31(42)33(20,4)27(17)26-23(43-5)12-16(38)13-24(26)44-6/h7-8,10-13,18-20,25,27,38H,9,14H2,1-6H3. The van der Waals surface area contributed by atoms with Crippen molar-refractivity contribution >= 4 is 40.9 Å². The predicted octanol–water partition coefficient (Wildman–Crippen LogP) is 5.23. The molecule has 11 heteroatoms. The molecule has 0 spiro atoms. The van der Waals surface area contributed by atoms with Gasteiger partial charge in [-0.15, -0.1) is 0 Å². The number of carbonyl (C=O) groups is 4. The largest absolute Gasteiger partial charge is 0.508 e. The third kappa shape index (κ3) is 4.02. The summed E-state index contributed by atoms with van der Waals surface area (Å²) in [5.41, 5.74) is -0.829. The van der Waals surface area contributed by atoms with E-state index >= 15 is 0 Å². The number of carbonyl (C=O) groups excluding carboxylic acids is 4. The maximum atomic E-state index is 14.6. The van der Waals surface area contributed by atoms with Crippen LogP contribution < -0.4 is 14.4 Å². The minimum absolute atomic E-state index is 0.122. The second-order valence-corrected chi connectivity index (χ2v) is 13.6. The number of rotatable bonds is 4. The molecule has 0 bridgehead atoms. The summed E-state index contributed by atoms with van der Waals surface area (Å²) in [6.45, 7) is 7.15. The third-order valence-corrected chi connectivity index (χ3v) is 10.2. The van der Waals surface area contributed by atoms with E-state index < -0.39 is 58.2 Å². The lowest BCUT2D eigenvalue weighted by Gasteiger charge is -2.49. The number of allylic oxidation sites excluding steroid dienone is 2. The van der Waals surface area contributed by atoms with Gasteiger partial charge in [0, 0.05) is 29.2 Å². The van der Waals surface area contributed by atoms with Crippen LogP contribution in [0.15, 0.2) is 42.0 Å². The molecular weight excluding hydrogens is 591 g/mol. The molecule has 2 aliphatic heterocycles. The number of nitrogens with zero attached hydrogens (tertiary/aromatic N) is 2. The van der Waals surface area contributed by atoms with Crippen LogP contribution in [0.1, 0.15) is 52.0 Å². The van der Waals surface area contributed by atoms with Crippen LogP contribution in [0.5, 0.6) is 17.2 Å². The molecule has 232 valence electrons. The van der Waals surface area contributed by atoms with Crippen LogP contribution in [0.2, 0.25) is 5.02 Å². The van der Waals surface area contributed by atoms with E-state index in [0.717, 1.165) is 16.5 Å². The summed E-state index contributed by atoms with van der Waals surface area (Å²) >= 11 is 6.07. The van der Waals surface area contributed by atoms with Crippen molar-refractivity contribution in [3.63, 3.8) is 0 Å². The van der Waals surface area contributed by atoms with E-state index in [4.69, 9.17) is 21.1 Å². The van der Waals surface area contributed by atoms with Crippen molar-refractivity contribution in [2.45, 2.75) is 52.0 Å². The van der Waals surface area contributed by atoms with Crippen molar-refractivity contribution in [2.75, 3.05) is 19.1 Å². The average molecular weight is 625 g/mol. The number of imide groups is 2. The van der Waals surface area contributed by atoms with Gasteiger partial charge in [0.25, 0.3) is 0 Å². The zero-order valence-corrected chi connectivity index (χ0v) is 26.1. The first-order valence-electron chi connectivity index (χ1n) is 14.5. The minimum atomic E-state index is -1.40. The lowest BCUT2D eigenvalue weighted by molar-refractivity contribution is -0.145. The Bertz CT molecular complexity index is 1640. The molecule has 0 aromatic heterocycles. The molecule has 1 saturated carbocycles. The third-order valence-electron chi connectivity index (χ3n) is 9.92. The van der Waals surface area contributed by atoms with Gasteiger partial charge in [-0.1, -0.05) is 23.3 Å². The number of phenolic OH excluding ortho intramolecular Hbond substituents is 1. The minimum Gasteiger partial charge on any atom is -0.508 e. The number of phenols is 1. The Morgan fingerprint density at radius 3 is 2.18 bits per heavy atom. The zero-order chi connectivity index (χ0) is 32.0.